The van der Waals surface area contributed by atoms with E-state index in [1.54, 1.807) is 23.6 Å². The Morgan fingerprint density at radius 3 is 2.77 bits per heavy atom. The molecule has 0 radical (unpaired) electrons. The van der Waals surface area contributed by atoms with Crippen LogP contribution in [0.5, 0.6) is 11.5 Å². The second kappa shape index (κ2) is 8.44. The molecule has 1 aromatic heterocycles. The number of nitrogens with one attached hydrogen (secondary N) is 1. The third-order valence-corrected chi connectivity index (χ3v) is 6.57. The Labute approximate surface area is 180 Å². The normalized spacial score (nSPS) is 15.9. The summed E-state index contributed by atoms with van der Waals surface area (Å²) in [6.45, 7) is 4.51. The molecule has 1 atom stereocenters. The molecule has 2 aromatic carbocycles. The minimum absolute atomic E-state index is 0.0173. The van der Waals surface area contributed by atoms with Crippen molar-refractivity contribution in [2.75, 3.05) is 18.2 Å². The predicted octanol–water partition coefficient (Wildman–Crippen LogP) is 4.40. The summed E-state index contributed by atoms with van der Waals surface area (Å²) in [6, 6.07) is 14.1. The van der Waals surface area contributed by atoms with E-state index < -0.39 is 0 Å². The van der Waals surface area contributed by atoms with Crippen LogP contribution >= 0.6 is 11.8 Å². The number of aromatic nitrogens is 2. The molecular weight excluding hydrogens is 398 g/mol. The number of hydrogen-bond acceptors (Lipinski definition) is 5. The van der Waals surface area contributed by atoms with Gasteiger partial charge in [-0.1, -0.05) is 30.3 Å². The van der Waals surface area contributed by atoms with Gasteiger partial charge in [0.05, 0.1) is 23.8 Å². The van der Waals surface area contributed by atoms with Crippen LogP contribution in [-0.2, 0) is 18.4 Å². The number of rotatable bonds is 5. The lowest BCUT2D eigenvalue weighted by molar-refractivity contribution is -0.113. The molecule has 156 valence electrons. The van der Waals surface area contributed by atoms with Crippen molar-refractivity contribution in [2.24, 2.45) is 7.05 Å². The lowest BCUT2D eigenvalue weighted by Crippen LogP contribution is -2.15. The summed E-state index contributed by atoms with van der Waals surface area (Å²) in [6.07, 6.45) is 0. The van der Waals surface area contributed by atoms with Crippen LogP contribution in [0.15, 0.2) is 42.5 Å². The Morgan fingerprint density at radius 1 is 1.20 bits per heavy atom. The molecule has 1 aliphatic heterocycles. The smallest absolute Gasteiger partial charge is 0.235 e. The SMILES string of the molecule is COc1ccc(C2SCC(=O)Nc3c2c(C)nn3C)cc1OCc1ccccc1C. The van der Waals surface area contributed by atoms with Crippen LogP contribution in [0.4, 0.5) is 5.82 Å². The van der Waals surface area contributed by atoms with Gasteiger partial charge in [-0.3, -0.25) is 9.48 Å². The first kappa shape index (κ1) is 20.3. The Bertz CT molecular complexity index is 1090. The van der Waals surface area contributed by atoms with Gasteiger partial charge in [0, 0.05) is 12.6 Å². The van der Waals surface area contributed by atoms with Crippen molar-refractivity contribution >= 4 is 23.5 Å². The van der Waals surface area contributed by atoms with E-state index in [4.69, 9.17) is 9.47 Å². The van der Waals surface area contributed by atoms with E-state index in [1.165, 1.54) is 5.56 Å². The van der Waals surface area contributed by atoms with E-state index in [1.807, 2.05) is 44.3 Å². The molecule has 30 heavy (non-hydrogen) atoms. The lowest BCUT2D eigenvalue weighted by Gasteiger charge is -2.18. The largest absolute Gasteiger partial charge is 0.493 e. The fourth-order valence-corrected chi connectivity index (χ4v) is 4.88. The van der Waals surface area contributed by atoms with E-state index in [-0.39, 0.29) is 11.2 Å². The third-order valence-electron chi connectivity index (χ3n) is 5.30. The number of aryl methyl sites for hydroxylation is 3. The van der Waals surface area contributed by atoms with Crippen LogP contribution in [0.25, 0.3) is 0 Å². The number of hydrogen-bond donors (Lipinski definition) is 1. The number of fused-ring (bicyclic) bond motifs is 1. The zero-order valence-corrected chi connectivity index (χ0v) is 18.4. The van der Waals surface area contributed by atoms with Crippen molar-refractivity contribution in [1.29, 1.82) is 0 Å². The predicted molar refractivity (Wildman–Crippen MR) is 119 cm³/mol. The molecular formula is C23H25N3O3S. The number of benzene rings is 2. The molecule has 0 saturated heterocycles. The van der Waals surface area contributed by atoms with Gasteiger partial charge >= 0.3 is 0 Å². The molecule has 1 aliphatic rings. The van der Waals surface area contributed by atoms with Gasteiger partial charge in [0.2, 0.25) is 5.91 Å². The molecule has 0 saturated carbocycles. The summed E-state index contributed by atoms with van der Waals surface area (Å²) in [5.74, 6) is 2.49. The molecule has 0 bridgehead atoms. The highest BCUT2D eigenvalue weighted by Gasteiger charge is 2.30. The maximum Gasteiger partial charge on any atom is 0.235 e. The van der Waals surface area contributed by atoms with Crippen molar-refractivity contribution in [2.45, 2.75) is 25.7 Å². The zero-order chi connectivity index (χ0) is 21.3. The Balaban J connectivity index is 1.69. The number of thioether (sulfide) groups is 1. The van der Waals surface area contributed by atoms with Gasteiger partial charge in [0.25, 0.3) is 0 Å². The molecule has 1 amide bonds. The number of nitrogens with zero attached hydrogens (tertiary/aromatic N) is 2. The summed E-state index contributed by atoms with van der Waals surface area (Å²) < 4.78 is 13.4. The van der Waals surface area contributed by atoms with Gasteiger partial charge in [-0.05, 0) is 42.7 Å². The number of amides is 1. The van der Waals surface area contributed by atoms with Gasteiger partial charge in [-0.25, -0.2) is 0 Å². The number of carbonyl (C=O) groups is 1. The highest BCUT2D eigenvalue weighted by atomic mass is 32.2. The summed E-state index contributed by atoms with van der Waals surface area (Å²) in [5, 5.41) is 7.48. The minimum Gasteiger partial charge on any atom is -0.493 e. The van der Waals surface area contributed by atoms with Crippen molar-refractivity contribution < 1.29 is 14.3 Å². The molecule has 6 nitrogen and oxygen atoms in total. The summed E-state index contributed by atoms with van der Waals surface area (Å²) >= 11 is 1.59. The van der Waals surface area contributed by atoms with E-state index in [0.29, 0.717) is 23.9 Å². The van der Waals surface area contributed by atoms with Crippen molar-refractivity contribution in [3.8, 4) is 11.5 Å². The van der Waals surface area contributed by atoms with E-state index in [2.05, 4.69) is 29.5 Å². The summed E-state index contributed by atoms with van der Waals surface area (Å²) in [5.41, 5.74) is 5.31. The van der Waals surface area contributed by atoms with Crippen LogP contribution in [0.3, 0.4) is 0 Å². The molecule has 2 heterocycles. The van der Waals surface area contributed by atoms with Gasteiger partial charge in [-0.2, -0.15) is 5.10 Å². The topological polar surface area (TPSA) is 65.4 Å². The first-order valence-corrected chi connectivity index (χ1v) is 10.8. The zero-order valence-electron chi connectivity index (χ0n) is 17.6. The number of anilines is 1. The average Bonchev–Trinajstić information content (AvgIpc) is 2.90. The monoisotopic (exact) mass is 423 g/mol. The molecule has 0 aliphatic carbocycles. The standard InChI is InChI=1S/C23H25N3O3S/c1-14-7-5-6-8-17(14)12-29-19-11-16(9-10-18(19)28-4)22-21-15(2)25-26(3)23(21)24-20(27)13-30-22/h5-11,22H,12-13H2,1-4H3,(H,24,27). The Hall–Kier alpha value is -2.93. The first-order chi connectivity index (χ1) is 14.5. The van der Waals surface area contributed by atoms with Crippen LogP contribution in [0.1, 0.15) is 33.2 Å². The highest BCUT2D eigenvalue weighted by Crippen LogP contribution is 2.45. The number of ether oxygens (including phenoxy) is 2. The van der Waals surface area contributed by atoms with Crippen LogP contribution in [0, 0.1) is 13.8 Å². The Kier molecular flexibility index (Phi) is 5.72. The van der Waals surface area contributed by atoms with E-state index in [0.717, 1.165) is 28.2 Å². The quantitative estimate of drug-likeness (QED) is 0.659. The van der Waals surface area contributed by atoms with Crippen molar-refractivity contribution in [3.63, 3.8) is 0 Å². The third kappa shape index (κ3) is 3.89. The molecule has 7 heteroatoms. The molecule has 0 spiro atoms. The fourth-order valence-electron chi connectivity index (χ4n) is 3.71. The second-order valence-electron chi connectivity index (χ2n) is 7.34. The first-order valence-electron chi connectivity index (χ1n) is 9.78. The minimum atomic E-state index is -0.0284. The van der Waals surface area contributed by atoms with Crippen molar-refractivity contribution in [3.05, 3.63) is 70.4 Å². The van der Waals surface area contributed by atoms with Crippen LogP contribution in [-0.4, -0.2) is 28.6 Å². The Morgan fingerprint density at radius 2 is 2.00 bits per heavy atom. The highest BCUT2D eigenvalue weighted by molar-refractivity contribution is 8.00. The fraction of sp³-hybridized carbons (Fsp3) is 0.304. The van der Waals surface area contributed by atoms with Gasteiger partial charge in [-0.15, -0.1) is 11.8 Å². The lowest BCUT2D eigenvalue weighted by atomic mass is 10.0. The second-order valence-corrected chi connectivity index (χ2v) is 8.43. The summed E-state index contributed by atoms with van der Waals surface area (Å²) in [4.78, 5) is 12.2. The molecule has 3 aromatic rings. The number of carbonyl (C=O) groups excluding carboxylic acids is 1. The maximum atomic E-state index is 12.2. The summed E-state index contributed by atoms with van der Waals surface area (Å²) in [7, 11) is 3.49. The van der Waals surface area contributed by atoms with Gasteiger partial charge in [0.15, 0.2) is 11.5 Å². The average molecular weight is 424 g/mol. The van der Waals surface area contributed by atoms with Crippen LogP contribution in [0.2, 0.25) is 0 Å². The molecule has 1 N–H and O–H groups in total. The van der Waals surface area contributed by atoms with Crippen molar-refractivity contribution in [1.82, 2.24) is 9.78 Å². The maximum absolute atomic E-state index is 12.2. The van der Waals surface area contributed by atoms with Gasteiger partial charge < -0.3 is 14.8 Å². The van der Waals surface area contributed by atoms with Crippen LogP contribution < -0.4 is 14.8 Å². The molecule has 4 rings (SSSR count). The molecule has 0 fully saturated rings. The van der Waals surface area contributed by atoms with E-state index in [9.17, 15) is 4.79 Å². The van der Waals surface area contributed by atoms with E-state index >= 15 is 0 Å². The van der Waals surface area contributed by atoms with Gasteiger partial charge in [0.1, 0.15) is 12.4 Å². The number of methoxy groups -OCH3 is 1. The molecule has 1 unspecified atom stereocenters.